The van der Waals surface area contributed by atoms with Gasteiger partial charge in [-0.3, -0.25) is 9.59 Å². The maximum absolute atomic E-state index is 13.0. The van der Waals surface area contributed by atoms with Gasteiger partial charge in [-0.2, -0.15) is 0 Å². The smallest absolute Gasteiger partial charge is 0.328 e. The van der Waals surface area contributed by atoms with E-state index in [4.69, 9.17) is 15.6 Å². The third-order valence-corrected chi connectivity index (χ3v) is 7.94. The van der Waals surface area contributed by atoms with E-state index >= 15 is 0 Å². The molecule has 1 saturated carbocycles. The number of rotatable bonds is 7. The van der Waals surface area contributed by atoms with Crippen LogP contribution in [0.15, 0.2) is 33.9 Å². The average Bonchev–Trinajstić information content (AvgIpc) is 3.31. The summed E-state index contributed by atoms with van der Waals surface area (Å²) in [6.45, 7) is 6.57. The number of amides is 1. The van der Waals surface area contributed by atoms with Gasteiger partial charge >= 0.3 is 5.97 Å². The summed E-state index contributed by atoms with van der Waals surface area (Å²) in [7, 11) is 0. The van der Waals surface area contributed by atoms with Gasteiger partial charge in [-0.1, -0.05) is 12.5 Å². The van der Waals surface area contributed by atoms with Crippen molar-refractivity contribution in [3.05, 3.63) is 33.9 Å². The molecule has 1 aliphatic heterocycles. The second-order valence-corrected chi connectivity index (χ2v) is 9.71. The molecule has 1 spiro atoms. The number of ether oxygens (including phenoxy) is 1. The van der Waals surface area contributed by atoms with Crippen molar-refractivity contribution in [2.24, 2.45) is 17.1 Å². The molecule has 0 radical (unpaired) electrons. The molecule has 3 aliphatic carbocycles. The normalized spacial score (nSPS) is 27.1. The molecule has 4 aliphatic rings. The Kier molecular flexibility index (Phi) is 6.16. The van der Waals surface area contributed by atoms with Gasteiger partial charge in [0, 0.05) is 23.5 Å². The number of nitrogens with two attached hydrogens (primary N) is 1. The minimum Gasteiger partial charge on any atom is -0.464 e. The summed E-state index contributed by atoms with van der Waals surface area (Å²) in [5.41, 5.74) is 11.4. The van der Waals surface area contributed by atoms with E-state index in [2.05, 4.69) is 20.8 Å². The van der Waals surface area contributed by atoms with Crippen molar-refractivity contribution >= 4 is 17.7 Å². The van der Waals surface area contributed by atoms with Crippen molar-refractivity contribution in [3.8, 4) is 0 Å². The number of carbonyl (C=O) groups excluding carboxylic acids is 3. The maximum atomic E-state index is 13.0. The van der Waals surface area contributed by atoms with Gasteiger partial charge in [-0.05, 0) is 75.2 Å². The van der Waals surface area contributed by atoms with E-state index in [9.17, 15) is 14.4 Å². The first-order valence-electron chi connectivity index (χ1n) is 11.7. The number of Topliss-reactive ketones (excluding diaryl/α,β-unsaturated/α-hetero) is 1. The number of aliphatic hydroxyl groups is 1. The van der Waals surface area contributed by atoms with E-state index in [0.717, 1.165) is 36.0 Å². The first-order chi connectivity index (χ1) is 15.2. The van der Waals surface area contributed by atoms with Crippen molar-refractivity contribution in [3.63, 3.8) is 0 Å². The summed E-state index contributed by atoms with van der Waals surface area (Å²) >= 11 is 0. The van der Waals surface area contributed by atoms with Crippen LogP contribution in [0.3, 0.4) is 0 Å². The average molecular weight is 443 g/mol. The number of esters is 1. The molecule has 174 valence electrons. The Morgan fingerprint density at radius 1 is 1.34 bits per heavy atom. The second kappa shape index (κ2) is 8.60. The number of allylic oxidation sites excluding steroid dienone is 6. The molecule has 3 N–H and O–H groups in total. The lowest BCUT2D eigenvalue weighted by Crippen LogP contribution is -2.50. The molecule has 2 fully saturated rings. The van der Waals surface area contributed by atoms with E-state index in [1.165, 1.54) is 16.0 Å². The molecule has 1 heterocycles. The van der Waals surface area contributed by atoms with E-state index < -0.39 is 30.6 Å². The first-order valence-corrected chi connectivity index (χ1v) is 11.7. The molecule has 0 aromatic rings. The van der Waals surface area contributed by atoms with E-state index in [1.807, 2.05) is 6.08 Å². The number of fused-ring (bicyclic) bond motifs is 1. The topological polar surface area (TPSA) is 110 Å². The van der Waals surface area contributed by atoms with E-state index in [1.54, 1.807) is 0 Å². The Morgan fingerprint density at radius 2 is 2.06 bits per heavy atom. The zero-order valence-electron chi connectivity index (χ0n) is 19.3. The van der Waals surface area contributed by atoms with Gasteiger partial charge in [-0.15, -0.1) is 0 Å². The highest BCUT2D eigenvalue weighted by Gasteiger charge is 2.56. The minimum absolute atomic E-state index is 0.0555. The van der Waals surface area contributed by atoms with Crippen molar-refractivity contribution < 1.29 is 24.2 Å². The number of hydrogen-bond donors (Lipinski definition) is 2. The van der Waals surface area contributed by atoms with Crippen molar-refractivity contribution in [1.29, 1.82) is 0 Å². The Bertz CT molecular complexity index is 940. The van der Waals surface area contributed by atoms with Crippen LogP contribution in [0.4, 0.5) is 0 Å². The van der Waals surface area contributed by atoms with Gasteiger partial charge in [0.25, 0.3) is 0 Å². The van der Waals surface area contributed by atoms with Crippen LogP contribution >= 0.6 is 0 Å². The van der Waals surface area contributed by atoms with Crippen LogP contribution in [0.1, 0.15) is 59.3 Å². The summed E-state index contributed by atoms with van der Waals surface area (Å²) in [5.74, 6) is -0.506. The van der Waals surface area contributed by atoms with Crippen LogP contribution < -0.4 is 5.73 Å². The number of ketones is 1. The standard InChI is InChI=1S/C25H34N2O5/c1-14-12-18-21(15(2)25(8-9-25)16(3)22(18)29)17(14)6-5-11-32-24(31)20-7-4-10-27(20)23(30)19(26)13-28/h12,16,19-20,28H,4-11,13,26H2,1-3H3/t16-,19+,20+/m1/s1. The zero-order valence-corrected chi connectivity index (χ0v) is 19.3. The molecule has 32 heavy (non-hydrogen) atoms. The largest absolute Gasteiger partial charge is 0.464 e. The molecule has 1 amide bonds. The SMILES string of the molecule is CC1=C(CCCOC(=O)[C@@H]2CCCN2C(=O)[C@@H](N)CO)C2=C(C)C3(CC3)[C@H](C)C(=O)C2=C1. The van der Waals surface area contributed by atoms with Crippen LogP contribution in [0.2, 0.25) is 0 Å². The van der Waals surface area contributed by atoms with Crippen molar-refractivity contribution in [2.45, 2.75) is 71.4 Å². The van der Waals surface area contributed by atoms with Gasteiger partial charge in [0.05, 0.1) is 13.2 Å². The molecule has 7 nitrogen and oxygen atoms in total. The van der Waals surface area contributed by atoms with Crippen LogP contribution in [0.5, 0.6) is 0 Å². The van der Waals surface area contributed by atoms with Gasteiger partial charge in [-0.25, -0.2) is 4.79 Å². The molecule has 3 atom stereocenters. The molecule has 0 unspecified atom stereocenters. The summed E-state index contributed by atoms with van der Waals surface area (Å²) in [5, 5.41) is 9.14. The minimum atomic E-state index is -1.01. The van der Waals surface area contributed by atoms with Gasteiger partial charge in [0.2, 0.25) is 5.91 Å². The van der Waals surface area contributed by atoms with Crippen molar-refractivity contribution in [2.75, 3.05) is 19.8 Å². The predicted molar refractivity (Wildman–Crippen MR) is 119 cm³/mol. The quantitative estimate of drug-likeness (QED) is 0.462. The maximum Gasteiger partial charge on any atom is 0.328 e. The van der Waals surface area contributed by atoms with Crippen LogP contribution in [-0.2, 0) is 19.1 Å². The zero-order chi connectivity index (χ0) is 23.2. The third kappa shape index (κ3) is 3.65. The Balaban J connectivity index is 1.35. The molecule has 0 bridgehead atoms. The molecule has 0 aromatic carbocycles. The summed E-state index contributed by atoms with van der Waals surface area (Å²) in [6, 6.07) is -1.63. The van der Waals surface area contributed by atoms with Gasteiger partial charge in [0.1, 0.15) is 12.1 Å². The fourth-order valence-corrected chi connectivity index (χ4v) is 5.77. The molecule has 1 saturated heterocycles. The third-order valence-electron chi connectivity index (χ3n) is 7.94. The molecular formula is C25H34N2O5. The highest BCUT2D eigenvalue weighted by molar-refractivity contribution is 6.07. The fraction of sp³-hybridized carbons (Fsp3) is 0.640. The molecular weight excluding hydrogens is 408 g/mol. The van der Waals surface area contributed by atoms with Crippen LogP contribution in [0, 0.1) is 11.3 Å². The number of hydrogen-bond acceptors (Lipinski definition) is 6. The molecule has 0 aromatic heterocycles. The summed E-state index contributed by atoms with van der Waals surface area (Å²) in [6.07, 6.45) is 6.86. The Labute approximate surface area is 189 Å². The van der Waals surface area contributed by atoms with Crippen LogP contribution in [-0.4, -0.2) is 59.5 Å². The van der Waals surface area contributed by atoms with Gasteiger partial charge in [0.15, 0.2) is 5.78 Å². The van der Waals surface area contributed by atoms with Gasteiger partial charge < -0.3 is 20.5 Å². The highest BCUT2D eigenvalue weighted by Crippen LogP contribution is 2.63. The highest BCUT2D eigenvalue weighted by atomic mass is 16.5. The number of carbonyl (C=O) groups is 3. The second-order valence-electron chi connectivity index (χ2n) is 9.71. The van der Waals surface area contributed by atoms with E-state index in [-0.39, 0.29) is 23.7 Å². The Hall–Kier alpha value is -2.25. The lowest BCUT2D eigenvalue weighted by molar-refractivity contribution is -0.154. The monoisotopic (exact) mass is 442 g/mol. The molecule has 7 heteroatoms. The number of likely N-dealkylation sites (tertiary alicyclic amines) is 1. The molecule has 4 rings (SSSR count). The fourth-order valence-electron chi connectivity index (χ4n) is 5.77. The summed E-state index contributed by atoms with van der Waals surface area (Å²) in [4.78, 5) is 39.3. The lowest BCUT2D eigenvalue weighted by Gasteiger charge is -2.32. The van der Waals surface area contributed by atoms with Crippen LogP contribution in [0.25, 0.3) is 0 Å². The Morgan fingerprint density at radius 3 is 2.72 bits per heavy atom. The van der Waals surface area contributed by atoms with E-state index in [0.29, 0.717) is 25.8 Å². The number of aliphatic hydroxyl groups excluding tert-OH is 1. The van der Waals surface area contributed by atoms with Crippen molar-refractivity contribution in [1.82, 2.24) is 4.90 Å². The number of nitrogens with zero attached hydrogens (tertiary/aromatic N) is 1. The lowest BCUT2D eigenvalue weighted by atomic mass is 9.70. The summed E-state index contributed by atoms with van der Waals surface area (Å²) < 4.78 is 5.51. The predicted octanol–water partition coefficient (Wildman–Crippen LogP) is 2.19. The first kappa shape index (κ1) is 22.9.